The Balaban J connectivity index is 1.93. The molecular weight excluding hydrogens is 320 g/mol. The summed E-state index contributed by atoms with van der Waals surface area (Å²) in [7, 11) is 0. The second kappa shape index (κ2) is 5.05. The van der Waals surface area contributed by atoms with Crippen molar-refractivity contribution in [1.82, 2.24) is 14.6 Å². The van der Waals surface area contributed by atoms with E-state index in [1.54, 1.807) is 24.5 Å². The first-order valence-electron chi connectivity index (χ1n) is 6.01. The number of carbonyl (C=O) groups is 1. The predicted molar refractivity (Wildman–Crippen MR) is 79.8 cm³/mol. The number of halogens is 1. The summed E-state index contributed by atoms with van der Waals surface area (Å²) in [5, 5.41) is 6.96. The van der Waals surface area contributed by atoms with Crippen LogP contribution in [-0.4, -0.2) is 20.5 Å². The summed E-state index contributed by atoms with van der Waals surface area (Å²) in [6.45, 7) is 1.97. The normalized spacial score (nSPS) is 10.7. The second-order valence-corrected chi connectivity index (χ2v) is 5.20. The number of amides is 1. The maximum absolute atomic E-state index is 12.3. The van der Waals surface area contributed by atoms with Gasteiger partial charge in [-0.3, -0.25) is 4.79 Å². The number of carbonyl (C=O) groups excluding carboxylic acids is 1. The largest absolute Gasteiger partial charge is 0.321 e. The van der Waals surface area contributed by atoms with Crippen LogP contribution in [0.5, 0.6) is 0 Å². The molecule has 1 amide bonds. The molecule has 1 aromatic carbocycles. The molecule has 2 heterocycles. The van der Waals surface area contributed by atoms with Gasteiger partial charge in [0.1, 0.15) is 5.69 Å². The van der Waals surface area contributed by atoms with Crippen LogP contribution in [0.3, 0.4) is 0 Å². The zero-order valence-electron chi connectivity index (χ0n) is 10.7. The monoisotopic (exact) mass is 330 g/mol. The lowest BCUT2D eigenvalue weighted by molar-refractivity contribution is 0.102. The summed E-state index contributed by atoms with van der Waals surface area (Å²) in [4.78, 5) is 16.4. The highest BCUT2D eigenvalue weighted by molar-refractivity contribution is 9.10. The van der Waals surface area contributed by atoms with Crippen molar-refractivity contribution >= 4 is 33.2 Å². The smallest absolute Gasteiger partial charge is 0.274 e. The number of anilines is 1. The molecule has 6 heteroatoms. The van der Waals surface area contributed by atoms with Gasteiger partial charge in [0.05, 0.1) is 6.20 Å². The van der Waals surface area contributed by atoms with Crippen LogP contribution in [0.1, 0.15) is 16.1 Å². The molecule has 0 atom stereocenters. The van der Waals surface area contributed by atoms with E-state index in [-0.39, 0.29) is 5.91 Å². The first kappa shape index (κ1) is 12.8. The molecular formula is C14H11BrN4O. The van der Waals surface area contributed by atoms with E-state index in [0.29, 0.717) is 11.3 Å². The first-order chi connectivity index (χ1) is 9.65. The molecule has 0 radical (unpaired) electrons. The van der Waals surface area contributed by atoms with Crippen LogP contribution in [0.2, 0.25) is 0 Å². The van der Waals surface area contributed by atoms with Crippen LogP contribution < -0.4 is 5.32 Å². The van der Waals surface area contributed by atoms with Crippen molar-refractivity contribution in [3.63, 3.8) is 0 Å². The lowest BCUT2D eigenvalue weighted by Crippen LogP contribution is -2.16. The summed E-state index contributed by atoms with van der Waals surface area (Å²) >= 11 is 3.43. The van der Waals surface area contributed by atoms with Gasteiger partial charge in [0.25, 0.3) is 5.91 Å². The Labute approximate surface area is 123 Å². The molecule has 0 bridgehead atoms. The number of hydrogen-bond acceptors (Lipinski definition) is 3. The van der Waals surface area contributed by atoms with E-state index in [9.17, 15) is 4.79 Å². The van der Waals surface area contributed by atoms with Crippen LogP contribution >= 0.6 is 15.9 Å². The minimum Gasteiger partial charge on any atom is -0.321 e. The van der Waals surface area contributed by atoms with Gasteiger partial charge < -0.3 is 5.32 Å². The van der Waals surface area contributed by atoms with Crippen molar-refractivity contribution in [3.8, 4) is 0 Å². The van der Waals surface area contributed by atoms with E-state index in [1.807, 2.05) is 25.1 Å². The van der Waals surface area contributed by atoms with Crippen LogP contribution in [0.4, 0.5) is 5.69 Å². The molecule has 5 nitrogen and oxygen atoms in total. The average molecular weight is 331 g/mol. The third kappa shape index (κ3) is 2.30. The van der Waals surface area contributed by atoms with Crippen LogP contribution in [0.25, 0.3) is 5.65 Å². The van der Waals surface area contributed by atoms with E-state index in [1.165, 1.54) is 4.52 Å². The van der Waals surface area contributed by atoms with Crippen LogP contribution in [0.15, 0.2) is 47.2 Å². The fraction of sp³-hybridized carbons (Fsp3) is 0.0714. The number of hydrogen-bond donors (Lipinski definition) is 1. The Morgan fingerprint density at radius 2 is 2.10 bits per heavy atom. The second-order valence-electron chi connectivity index (χ2n) is 4.35. The zero-order valence-corrected chi connectivity index (χ0v) is 12.3. The highest BCUT2D eigenvalue weighted by Crippen LogP contribution is 2.20. The summed E-state index contributed by atoms with van der Waals surface area (Å²) in [6.07, 6.45) is 3.21. The topological polar surface area (TPSA) is 59.3 Å². The van der Waals surface area contributed by atoms with E-state index in [2.05, 4.69) is 31.3 Å². The Kier molecular flexibility index (Phi) is 3.23. The zero-order chi connectivity index (χ0) is 14.1. The van der Waals surface area contributed by atoms with Gasteiger partial charge in [-0.15, -0.1) is 0 Å². The van der Waals surface area contributed by atoms with Gasteiger partial charge in [-0.25, -0.2) is 9.50 Å². The van der Waals surface area contributed by atoms with Gasteiger partial charge in [-0.05, 0) is 36.8 Å². The number of benzene rings is 1. The van der Waals surface area contributed by atoms with Gasteiger partial charge in [0.2, 0.25) is 0 Å². The summed E-state index contributed by atoms with van der Waals surface area (Å²) in [5.74, 6) is -0.220. The Hall–Kier alpha value is -2.21. The molecule has 100 valence electrons. The molecule has 1 N–H and O–H groups in total. The lowest BCUT2D eigenvalue weighted by Gasteiger charge is -2.08. The Morgan fingerprint density at radius 3 is 2.90 bits per heavy atom. The van der Waals surface area contributed by atoms with Gasteiger partial charge in [0.15, 0.2) is 5.65 Å². The Morgan fingerprint density at radius 1 is 1.25 bits per heavy atom. The van der Waals surface area contributed by atoms with Crippen LogP contribution in [-0.2, 0) is 0 Å². The van der Waals surface area contributed by atoms with Gasteiger partial charge in [-0.2, -0.15) is 5.10 Å². The summed E-state index contributed by atoms with van der Waals surface area (Å²) in [6, 6.07) is 9.04. The summed E-state index contributed by atoms with van der Waals surface area (Å²) in [5.41, 5.74) is 2.89. The number of rotatable bonds is 2. The summed E-state index contributed by atoms with van der Waals surface area (Å²) < 4.78 is 2.52. The number of fused-ring (bicyclic) bond motifs is 1. The fourth-order valence-corrected chi connectivity index (χ4v) is 2.17. The molecule has 20 heavy (non-hydrogen) atoms. The first-order valence-corrected chi connectivity index (χ1v) is 6.81. The molecule has 0 aliphatic rings. The molecule has 2 aromatic heterocycles. The Bertz CT molecular complexity index is 797. The third-order valence-corrected chi connectivity index (χ3v) is 3.83. The average Bonchev–Trinajstić information content (AvgIpc) is 2.91. The van der Waals surface area contributed by atoms with Crippen molar-refractivity contribution in [2.45, 2.75) is 6.92 Å². The minimum atomic E-state index is -0.220. The van der Waals surface area contributed by atoms with E-state index < -0.39 is 0 Å². The number of aromatic nitrogens is 3. The van der Waals surface area contributed by atoms with Crippen molar-refractivity contribution in [2.75, 3.05) is 5.32 Å². The van der Waals surface area contributed by atoms with E-state index in [4.69, 9.17) is 0 Å². The molecule has 0 fully saturated rings. The van der Waals surface area contributed by atoms with Crippen molar-refractivity contribution < 1.29 is 4.79 Å². The molecule has 0 aliphatic carbocycles. The standard InChI is InChI=1S/C14H11BrN4O/c1-9-8-10(2-3-11(9)15)18-14(20)12-4-6-16-13-5-7-17-19(12)13/h2-8H,1H3,(H,18,20). The molecule has 0 saturated heterocycles. The molecule has 0 saturated carbocycles. The molecule has 0 aliphatic heterocycles. The predicted octanol–water partition coefficient (Wildman–Crippen LogP) is 3.05. The van der Waals surface area contributed by atoms with Crippen molar-refractivity contribution in [1.29, 1.82) is 0 Å². The highest BCUT2D eigenvalue weighted by Gasteiger charge is 2.11. The van der Waals surface area contributed by atoms with Crippen molar-refractivity contribution in [2.24, 2.45) is 0 Å². The molecule has 0 unspecified atom stereocenters. The number of nitrogens with zero attached hydrogens (tertiary/aromatic N) is 3. The molecule has 0 spiro atoms. The van der Waals surface area contributed by atoms with E-state index >= 15 is 0 Å². The quantitative estimate of drug-likeness (QED) is 0.785. The number of aryl methyl sites for hydroxylation is 1. The highest BCUT2D eigenvalue weighted by atomic mass is 79.9. The SMILES string of the molecule is Cc1cc(NC(=O)c2ccnc3ccnn23)ccc1Br. The fourth-order valence-electron chi connectivity index (χ4n) is 1.92. The van der Waals surface area contributed by atoms with Crippen molar-refractivity contribution in [3.05, 3.63) is 58.5 Å². The maximum Gasteiger partial charge on any atom is 0.274 e. The van der Waals surface area contributed by atoms with Gasteiger partial charge in [-0.1, -0.05) is 15.9 Å². The third-order valence-electron chi connectivity index (χ3n) is 2.94. The van der Waals surface area contributed by atoms with E-state index in [0.717, 1.165) is 15.7 Å². The van der Waals surface area contributed by atoms with Crippen LogP contribution in [0, 0.1) is 6.92 Å². The number of nitrogens with one attached hydrogen (secondary N) is 1. The maximum atomic E-state index is 12.3. The molecule has 3 rings (SSSR count). The van der Waals surface area contributed by atoms with Gasteiger partial charge in [0, 0.05) is 22.4 Å². The lowest BCUT2D eigenvalue weighted by atomic mass is 10.2. The van der Waals surface area contributed by atoms with Gasteiger partial charge >= 0.3 is 0 Å². The molecule has 3 aromatic rings. The minimum absolute atomic E-state index is 0.220.